The van der Waals surface area contributed by atoms with Gasteiger partial charge in [0, 0.05) is 18.7 Å². The summed E-state index contributed by atoms with van der Waals surface area (Å²) in [4.78, 5) is 38.9. The minimum atomic E-state index is -1.07. The zero-order chi connectivity index (χ0) is 22.3. The molecule has 30 heavy (non-hydrogen) atoms. The van der Waals surface area contributed by atoms with Crippen LogP contribution in [0.15, 0.2) is 36.4 Å². The van der Waals surface area contributed by atoms with Gasteiger partial charge in [0.25, 0.3) is 11.8 Å². The highest BCUT2D eigenvalue weighted by molar-refractivity contribution is 6.40. The van der Waals surface area contributed by atoms with Gasteiger partial charge in [-0.25, -0.2) is 9.63 Å². The van der Waals surface area contributed by atoms with Gasteiger partial charge in [0.1, 0.15) is 11.8 Å². The van der Waals surface area contributed by atoms with Crippen LogP contribution in [0.4, 0.5) is 0 Å². The molecule has 0 bridgehead atoms. The van der Waals surface area contributed by atoms with Crippen LogP contribution in [0.3, 0.4) is 0 Å². The quantitative estimate of drug-likeness (QED) is 0.345. The van der Waals surface area contributed by atoms with Gasteiger partial charge >= 0.3 is 5.97 Å². The monoisotopic (exact) mass is 473 g/mol. The number of rotatable bonds is 8. The van der Waals surface area contributed by atoms with Crippen molar-refractivity contribution in [1.82, 2.24) is 15.5 Å². The number of phenols is 1. The fraction of sp³-hybridized carbons (Fsp3) is 0.211. The maximum absolute atomic E-state index is 12.5. The molecule has 0 aliphatic carbocycles. The summed E-state index contributed by atoms with van der Waals surface area (Å²) in [6.07, 6.45) is 0. The van der Waals surface area contributed by atoms with Crippen molar-refractivity contribution in [1.29, 1.82) is 0 Å². The molecule has 2 amide bonds. The van der Waals surface area contributed by atoms with Crippen molar-refractivity contribution in [2.45, 2.75) is 12.6 Å². The number of nitrogens with one attached hydrogen (secondary N) is 3. The van der Waals surface area contributed by atoms with Gasteiger partial charge in [-0.3, -0.25) is 9.59 Å². The second-order valence-electron chi connectivity index (χ2n) is 6.05. The summed E-state index contributed by atoms with van der Waals surface area (Å²) in [6, 6.07) is 7.92. The number of hydrogen-bond acceptors (Lipinski definition) is 6. The van der Waals surface area contributed by atoms with E-state index in [0.29, 0.717) is 5.56 Å². The first kappa shape index (κ1) is 23.8. The molecular formula is C19H18Cl3N3O5. The maximum Gasteiger partial charge on any atom is 0.329 e. The highest BCUT2D eigenvalue weighted by Gasteiger charge is 2.25. The number of phenolic OH excluding ortho intramolecular Hbond substituents is 1. The van der Waals surface area contributed by atoms with Crippen LogP contribution in [0.25, 0.3) is 0 Å². The van der Waals surface area contributed by atoms with Crippen LogP contribution in [-0.4, -0.2) is 42.6 Å². The Morgan fingerprint density at radius 2 is 1.77 bits per heavy atom. The molecule has 0 fully saturated rings. The molecule has 0 aromatic heterocycles. The summed E-state index contributed by atoms with van der Waals surface area (Å²) in [6.45, 7) is 0.0711. The third-order valence-electron chi connectivity index (χ3n) is 3.97. The third-order valence-corrected chi connectivity index (χ3v) is 4.72. The molecule has 0 saturated heterocycles. The van der Waals surface area contributed by atoms with Crippen molar-refractivity contribution in [2.24, 2.45) is 0 Å². The molecule has 2 rings (SSSR count). The van der Waals surface area contributed by atoms with Crippen LogP contribution in [-0.2, 0) is 16.1 Å². The Morgan fingerprint density at radius 1 is 1.10 bits per heavy atom. The molecule has 8 nitrogen and oxygen atoms in total. The van der Waals surface area contributed by atoms with Gasteiger partial charge in [-0.1, -0.05) is 35.3 Å². The summed E-state index contributed by atoms with van der Waals surface area (Å²) in [5.41, 5.74) is 0.721. The molecule has 0 aliphatic heterocycles. The van der Waals surface area contributed by atoms with E-state index in [9.17, 15) is 19.5 Å². The average molecular weight is 475 g/mol. The Kier molecular flexibility index (Phi) is 8.73. The number of benzene rings is 2. The van der Waals surface area contributed by atoms with Crippen molar-refractivity contribution >= 4 is 52.8 Å². The lowest BCUT2D eigenvalue weighted by atomic mass is 10.1. The molecule has 0 unspecified atom stereocenters. The Balaban J connectivity index is 2.14. The van der Waals surface area contributed by atoms with Gasteiger partial charge in [0.05, 0.1) is 22.7 Å². The number of esters is 1. The predicted octanol–water partition coefficient (Wildman–Crippen LogP) is 2.64. The molecule has 11 heteroatoms. The molecule has 0 spiro atoms. The molecule has 4 N–H and O–H groups in total. The minimum Gasteiger partial charge on any atom is -0.508 e. The fourth-order valence-corrected chi connectivity index (χ4v) is 3.33. The van der Waals surface area contributed by atoms with E-state index in [2.05, 4.69) is 20.2 Å². The minimum absolute atomic E-state index is 0.0787. The first-order valence-electron chi connectivity index (χ1n) is 8.54. The number of halogens is 3. The molecular weight excluding hydrogens is 457 g/mol. The Hall–Kier alpha value is -2.52. The molecule has 1 atom stereocenters. The van der Waals surface area contributed by atoms with E-state index in [1.165, 1.54) is 31.4 Å². The summed E-state index contributed by atoms with van der Waals surface area (Å²) >= 11 is 17.7. The van der Waals surface area contributed by atoms with Crippen LogP contribution in [0, 0.1) is 0 Å². The summed E-state index contributed by atoms with van der Waals surface area (Å²) in [5, 5.41) is 14.4. The van der Waals surface area contributed by atoms with Gasteiger partial charge in [0.2, 0.25) is 0 Å². The van der Waals surface area contributed by atoms with Crippen molar-refractivity contribution in [3.05, 3.63) is 63.1 Å². The van der Waals surface area contributed by atoms with Crippen LogP contribution < -0.4 is 15.5 Å². The zero-order valence-corrected chi connectivity index (χ0v) is 17.9. The largest absolute Gasteiger partial charge is 0.508 e. The second kappa shape index (κ2) is 11.0. The molecule has 2 aromatic carbocycles. The van der Waals surface area contributed by atoms with Crippen molar-refractivity contribution in [3.8, 4) is 5.75 Å². The SMILES string of the molecule is COC(=O)[C@H](CNCl)NC(=O)c1c(Cl)cc(C(=O)NCc2cccc(O)c2)cc1Cl. The summed E-state index contributed by atoms with van der Waals surface area (Å²) < 4.78 is 4.60. The first-order chi connectivity index (χ1) is 14.3. The van der Waals surface area contributed by atoms with E-state index < -0.39 is 23.8 Å². The summed E-state index contributed by atoms with van der Waals surface area (Å²) in [7, 11) is 1.17. The highest BCUT2D eigenvalue weighted by atomic mass is 35.5. The fourth-order valence-electron chi connectivity index (χ4n) is 2.52. The molecule has 160 valence electrons. The number of methoxy groups -OCH3 is 1. The number of aromatic hydroxyl groups is 1. The lowest BCUT2D eigenvalue weighted by Crippen LogP contribution is -2.46. The highest BCUT2D eigenvalue weighted by Crippen LogP contribution is 2.27. The molecule has 2 aromatic rings. The molecule has 0 heterocycles. The Bertz CT molecular complexity index is 932. The van der Waals surface area contributed by atoms with Crippen LogP contribution >= 0.6 is 35.0 Å². The smallest absolute Gasteiger partial charge is 0.329 e. The zero-order valence-electron chi connectivity index (χ0n) is 15.7. The van der Waals surface area contributed by atoms with E-state index in [-0.39, 0.29) is 40.0 Å². The topological polar surface area (TPSA) is 117 Å². The number of amides is 2. The van der Waals surface area contributed by atoms with E-state index in [1.807, 2.05) is 0 Å². The van der Waals surface area contributed by atoms with E-state index in [4.69, 9.17) is 35.0 Å². The molecule has 0 saturated carbocycles. The molecule has 0 radical (unpaired) electrons. The normalized spacial score (nSPS) is 11.5. The van der Waals surface area contributed by atoms with E-state index in [0.717, 1.165) is 0 Å². The van der Waals surface area contributed by atoms with Gasteiger partial charge in [-0.2, -0.15) is 0 Å². The van der Waals surface area contributed by atoms with Gasteiger partial charge in [-0.05, 0) is 41.6 Å². The Morgan fingerprint density at radius 3 is 2.33 bits per heavy atom. The second-order valence-corrected chi connectivity index (χ2v) is 7.14. The average Bonchev–Trinajstić information content (AvgIpc) is 2.70. The maximum atomic E-state index is 12.5. The van der Waals surface area contributed by atoms with Crippen LogP contribution in [0.5, 0.6) is 5.75 Å². The lowest BCUT2D eigenvalue weighted by Gasteiger charge is -2.17. The Labute approximate surface area is 187 Å². The van der Waals surface area contributed by atoms with Crippen LogP contribution in [0.1, 0.15) is 26.3 Å². The number of hydrogen-bond donors (Lipinski definition) is 4. The van der Waals surface area contributed by atoms with E-state index in [1.54, 1.807) is 12.1 Å². The van der Waals surface area contributed by atoms with E-state index >= 15 is 0 Å². The van der Waals surface area contributed by atoms with Crippen LogP contribution in [0.2, 0.25) is 10.0 Å². The van der Waals surface area contributed by atoms with Gasteiger partial charge in [-0.15, -0.1) is 0 Å². The third kappa shape index (κ3) is 6.24. The van der Waals surface area contributed by atoms with Gasteiger partial charge < -0.3 is 20.5 Å². The van der Waals surface area contributed by atoms with Crippen molar-refractivity contribution < 1.29 is 24.2 Å². The predicted molar refractivity (Wildman–Crippen MR) is 113 cm³/mol. The number of ether oxygens (including phenoxy) is 1. The molecule has 0 aliphatic rings. The first-order valence-corrected chi connectivity index (χ1v) is 9.67. The summed E-state index contributed by atoms with van der Waals surface area (Å²) in [5.74, 6) is -1.85. The van der Waals surface area contributed by atoms with Crippen molar-refractivity contribution in [2.75, 3.05) is 13.7 Å². The number of carbonyl (C=O) groups excluding carboxylic acids is 3. The number of carbonyl (C=O) groups is 3. The lowest BCUT2D eigenvalue weighted by molar-refractivity contribution is -0.142. The standard InChI is InChI=1S/C19H18Cl3N3O5/c1-30-19(29)15(9-24-22)25-18(28)16-13(20)6-11(7-14(16)21)17(27)23-8-10-3-2-4-12(26)5-10/h2-7,15,24,26H,8-9H2,1H3,(H,23,27)(H,25,28)/t15-/m0/s1. The van der Waals surface area contributed by atoms with Crippen molar-refractivity contribution in [3.63, 3.8) is 0 Å². The van der Waals surface area contributed by atoms with Gasteiger partial charge in [0.15, 0.2) is 0 Å².